The number of hydrogen-bond acceptors (Lipinski definition) is 4. The third kappa shape index (κ3) is 4.68. The standard InChI is InChI=1S/C13H22FN3O/c1-10(2)17(7-8-18)6-5-12(15)13-4-3-11(14)9-16-13/h3-4,9-10,12,18H,5-8,15H2,1-2H3. The van der Waals surface area contributed by atoms with Crippen molar-refractivity contribution in [3.63, 3.8) is 0 Å². The molecule has 3 N–H and O–H groups in total. The van der Waals surface area contributed by atoms with Crippen molar-refractivity contribution < 1.29 is 9.50 Å². The van der Waals surface area contributed by atoms with Gasteiger partial charge in [-0.05, 0) is 32.4 Å². The van der Waals surface area contributed by atoms with E-state index in [0.717, 1.165) is 13.0 Å². The lowest BCUT2D eigenvalue weighted by Crippen LogP contribution is -2.35. The summed E-state index contributed by atoms with van der Waals surface area (Å²) in [5, 5.41) is 8.97. The summed E-state index contributed by atoms with van der Waals surface area (Å²) >= 11 is 0. The van der Waals surface area contributed by atoms with E-state index in [1.54, 1.807) is 6.07 Å². The minimum atomic E-state index is -0.352. The van der Waals surface area contributed by atoms with Gasteiger partial charge < -0.3 is 10.8 Å². The molecule has 0 bridgehead atoms. The van der Waals surface area contributed by atoms with Crippen molar-refractivity contribution in [2.24, 2.45) is 5.73 Å². The Labute approximate surface area is 108 Å². The predicted octanol–water partition coefficient (Wildman–Crippen LogP) is 1.31. The summed E-state index contributed by atoms with van der Waals surface area (Å²) in [4.78, 5) is 6.14. The van der Waals surface area contributed by atoms with Crippen molar-refractivity contribution in [2.75, 3.05) is 19.7 Å². The number of halogens is 1. The average Bonchev–Trinajstić information content (AvgIpc) is 2.34. The third-order valence-electron chi connectivity index (χ3n) is 2.97. The first kappa shape index (κ1) is 15.0. The maximum atomic E-state index is 12.7. The summed E-state index contributed by atoms with van der Waals surface area (Å²) in [6.07, 6.45) is 1.92. The van der Waals surface area contributed by atoms with Gasteiger partial charge in [0.2, 0.25) is 0 Å². The molecule has 1 rings (SSSR count). The molecule has 0 amide bonds. The quantitative estimate of drug-likeness (QED) is 0.771. The Morgan fingerprint density at radius 2 is 2.11 bits per heavy atom. The molecule has 0 spiro atoms. The van der Waals surface area contributed by atoms with Crippen LogP contribution in [0.2, 0.25) is 0 Å². The second-order valence-corrected chi connectivity index (χ2v) is 4.65. The molecule has 0 radical (unpaired) electrons. The van der Waals surface area contributed by atoms with Gasteiger partial charge in [-0.2, -0.15) is 0 Å². The molecule has 1 heterocycles. The molecule has 1 atom stereocenters. The zero-order valence-electron chi connectivity index (χ0n) is 11.0. The molecule has 18 heavy (non-hydrogen) atoms. The van der Waals surface area contributed by atoms with Crippen LogP contribution in [0.25, 0.3) is 0 Å². The highest BCUT2D eigenvalue weighted by Crippen LogP contribution is 2.13. The van der Waals surface area contributed by atoms with Crippen molar-refractivity contribution in [3.8, 4) is 0 Å². The zero-order valence-corrected chi connectivity index (χ0v) is 11.0. The van der Waals surface area contributed by atoms with E-state index in [1.165, 1.54) is 12.3 Å². The number of pyridine rings is 1. The molecule has 1 aromatic rings. The summed E-state index contributed by atoms with van der Waals surface area (Å²) in [5.74, 6) is -0.352. The minimum Gasteiger partial charge on any atom is -0.395 e. The van der Waals surface area contributed by atoms with Crippen molar-refractivity contribution in [3.05, 3.63) is 29.8 Å². The van der Waals surface area contributed by atoms with Gasteiger partial charge in [0.15, 0.2) is 0 Å². The first-order chi connectivity index (χ1) is 8.54. The fourth-order valence-electron chi connectivity index (χ4n) is 1.82. The summed E-state index contributed by atoms with van der Waals surface area (Å²) < 4.78 is 12.7. The highest BCUT2D eigenvalue weighted by Gasteiger charge is 2.13. The van der Waals surface area contributed by atoms with Crippen molar-refractivity contribution in [1.82, 2.24) is 9.88 Å². The Morgan fingerprint density at radius 3 is 2.61 bits per heavy atom. The molecule has 4 nitrogen and oxygen atoms in total. The number of aliphatic hydroxyl groups excluding tert-OH is 1. The van der Waals surface area contributed by atoms with Crippen molar-refractivity contribution in [1.29, 1.82) is 0 Å². The van der Waals surface area contributed by atoms with Gasteiger partial charge in [-0.3, -0.25) is 9.88 Å². The van der Waals surface area contributed by atoms with Crippen LogP contribution < -0.4 is 5.73 Å². The van der Waals surface area contributed by atoms with Gasteiger partial charge >= 0.3 is 0 Å². The van der Waals surface area contributed by atoms with Gasteiger partial charge in [0.1, 0.15) is 5.82 Å². The molecule has 0 fully saturated rings. The first-order valence-electron chi connectivity index (χ1n) is 6.26. The van der Waals surface area contributed by atoms with E-state index in [2.05, 4.69) is 23.7 Å². The predicted molar refractivity (Wildman–Crippen MR) is 69.5 cm³/mol. The van der Waals surface area contributed by atoms with E-state index in [1.807, 2.05) is 0 Å². The number of rotatable bonds is 7. The van der Waals surface area contributed by atoms with Crippen LogP contribution in [0.5, 0.6) is 0 Å². The van der Waals surface area contributed by atoms with Crippen LogP contribution in [-0.4, -0.2) is 40.7 Å². The van der Waals surface area contributed by atoms with E-state index in [-0.39, 0.29) is 18.5 Å². The van der Waals surface area contributed by atoms with Crippen molar-refractivity contribution in [2.45, 2.75) is 32.4 Å². The fourth-order valence-corrected chi connectivity index (χ4v) is 1.82. The Bertz CT molecular complexity index is 343. The Morgan fingerprint density at radius 1 is 1.39 bits per heavy atom. The van der Waals surface area contributed by atoms with Gasteiger partial charge in [-0.1, -0.05) is 0 Å². The Balaban J connectivity index is 2.48. The molecule has 0 saturated heterocycles. The van der Waals surface area contributed by atoms with E-state index >= 15 is 0 Å². The lowest BCUT2D eigenvalue weighted by molar-refractivity contribution is 0.161. The van der Waals surface area contributed by atoms with Gasteiger partial charge in [-0.25, -0.2) is 4.39 Å². The van der Waals surface area contributed by atoms with Crippen LogP contribution >= 0.6 is 0 Å². The minimum absolute atomic E-state index is 0.141. The number of aromatic nitrogens is 1. The maximum absolute atomic E-state index is 12.7. The summed E-state index contributed by atoms with van der Waals surface area (Å²) in [7, 11) is 0. The van der Waals surface area contributed by atoms with Crippen molar-refractivity contribution >= 4 is 0 Å². The lowest BCUT2D eigenvalue weighted by atomic mass is 10.1. The number of nitrogens with zero attached hydrogens (tertiary/aromatic N) is 2. The van der Waals surface area contributed by atoms with Crippen LogP contribution in [0.15, 0.2) is 18.3 Å². The van der Waals surface area contributed by atoms with E-state index in [9.17, 15) is 4.39 Å². The highest BCUT2D eigenvalue weighted by atomic mass is 19.1. The number of nitrogens with two attached hydrogens (primary N) is 1. The molecular formula is C13H22FN3O. The number of aliphatic hydroxyl groups is 1. The van der Waals surface area contributed by atoms with Gasteiger partial charge in [0.25, 0.3) is 0 Å². The molecule has 0 aliphatic rings. The SMILES string of the molecule is CC(C)N(CCO)CCC(N)c1ccc(F)cn1. The van der Waals surface area contributed by atoms with Crippen LogP contribution in [0, 0.1) is 5.82 Å². The van der Waals surface area contributed by atoms with Gasteiger partial charge in [0.05, 0.1) is 18.5 Å². The lowest BCUT2D eigenvalue weighted by Gasteiger charge is -2.26. The smallest absolute Gasteiger partial charge is 0.141 e. The highest BCUT2D eigenvalue weighted by molar-refractivity contribution is 5.09. The molecule has 0 aliphatic heterocycles. The summed E-state index contributed by atoms with van der Waals surface area (Å²) in [6.45, 7) is 5.73. The molecule has 5 heteroatoms. The number of hydrogen-bond donors (Lipinski definition) is 2. The Kier molecular flexibility index (Phi) is 6.18. The largest absolute Gasteiger partial charge is 0.395 e. The normalized spacial score (nSPS) is 13.3. The first-order valence-corrected chi connectivity index (χ1v) is 6.26. The molecular weight excluding hydrogens is 233 g/mol. The van der Waals surface area contributed by atoms with Crippen LogP contribution in [0.3, 0.4) is 0 Å². The van der Waals surface area contributed by atoms with E-state index in [4.69, 9.17) is 10.8 Å². The Hall–Kier alpha value is -1.04. The van der Waals surface area contributed by atoms with Gasteiger partial charge in [-0.15, -0.1) is 0 Å². The monoisotopic (exact) mass is 255 g/mol. The molecule has 102 valence electrons. The van der Waals surface area contributed by atoms with E-state index in [0.29, 0.717) is 18.3 Å². The third-order valence-corrected chi connectivity index (χ3v) is 2.97. The maximum Gasteiger partial charge on any atom is 0.141 e. The zero-order chi connectivity index (χ0) is 13.5. The molecule has 0 saturated carbocycles. The van der Waals surface area contributed by atoms with Crippen LogP contribution in [0.4, 0.5) is 4.39 Å². The fraction of sp³-hybridized carbons (Fsp3) is 0.615. The second kappa shape index (κ2) is 7.41. The van der Waals surface area contributed by atoms with Crippen LogP contribution in [-0.2, 0) is 0 Å². The molecule has 1 aromatic heterocycles. The average molecular weight is 255 g/mol. The summed E-state index contributed by atoms with van der Waals surface area (Å²) in [6, 6.07) is 3.15. The topological polar surface area (TPSA) is 62.4 Å². The molecule has 0 aliphatic carbocycles. The molecule has 0 aromatic carbocycles. The van der Waals surface area contributed by atoms with Crippen LogP contribution in [0.1, 0.15) is 32.0 Å². The second-order valence-electron chi connectivity index (χ2n) is 4.65. The molecule has 1 unspecified atom stereocenters. The summed E-state index contributed by atoms with van der Waals surface area (Å²) in [5.41, 5.74) is 6.71. The van der Waals surface area contributed by atoms with Gasteiger partial charge in [0, 0.05) is 25.2 Å². The van der Waals surface area contributed by atoms with E-state index < -0.39 is 0 Å².